The lowest BCUT2D eigenvalue weighted by molar-refractivity contribution is 0.0945. The SMILES string of the molecule is COc1ccc(C(=O)NCCC(C)O)cc1. The zero-order valence-electron chi connectivity index (χ0n) is 9.56. The van der Waals surface area contributed by atoms with Crippen LogP contribution in [0.1, 0.15) is 23.7 Å². The van der Waals surface area contributed by atoms with Crippen LogP contribution in [0.15, 0.2) is 24.3 Å². The van der Waals surface area contributed by atoms with Crippen molar-refractivity contribution in [1.82, 2.24) is 5.32 Å². The van der Waals surface area contributed by atoms with Crippen molar-refractivity contribution >= 4 is 5.91 Å². The predicted octanol–water partition coefficient (Wildman–Crippen LogP) is 1.20. The minimum atomic E-state index is -0.392. The molecule has 88 valence electrons. The Hall–Kier alpha value is -1.55. The summed E-state index contributed by atoms with van der Waals surface area (Å²) in [6, 6.07) is 6.89. The van der Waals surface area contributed by atoms with Crippen molar-refractivity contribution in [2.45, 2.75) is 19.4 Å². The van der Waals surface area contributed by atoms with Gasteiger partial charge in [0.1, 0.15) is 5.75 Å². The van der Waals surface area contributed by atoms with Crippen LogP contribution >= 0.6 is 0 Å². The van der Waals surface area contributed by atoms with Crippen LogP contribution in [0.5, 0.6) is 5.75 Å². The molecule has 0 aliphatic carbocycles. The number of carbonyl (C=O) groups is 1. The molecule has 1 aromatic carbocycles. The number of ether oxygens (including phenoxy) is 1. The lowest BCUT2D eigenvalue weighted by Gasteiger charge is -2.07. The third-order valence-corrected chi connectivity index (χ3v) is 2.20. The molecule has 1 amide bonds. The van der Waals surface area contributed by atoms with E-state index in [4.69, 9.17) is 9.84 Å². The van der Waals surface area contributed by atoms with Gasteiger partial charge in [0.25, 0.3) is 5.91 Å². The summed E-state index contributed by atoms with van der Waals surface area (Å²) in [6.45, 7) is 2.17. The average Bonchev–Trinajstić information content (AvgIpc) is 2.28. The molecular weight excluding hydrogens is 206 g/mol. The third kappa shape index (κ3) is 3.90. The number of hydrogen-bond acceptors (Lipinski definition) is 3. The van der Waals surface area contributed by atoms with Crippen LogP contribution in [0.4, 0.5) is 0 Å². The maximum Gasteiger partial charge on any atom is 0.251 e. The third-order valence-electron chi connectivity index (χ3n) is 2.20. The predicted molar refractivity (Wildman–Crippen MR) is 61.6 cm³/mol. The van der Waals surface area contributed by atoms with Gasteiger partial charge in [0, 0.05) is 12.1 Å². The molecular formula is C12H17NO3. The first-order chi connectivity index (χ1) is 7.63. The zero-order chi connectivity index (χ0) is 12.0. The average molecular weight is 223 g/mol. The highest BCUT2D eigenvalue weighted by Crippen LogP contribution is 2.10. The van der Waals surface area contributed by atoms with E-state index >= 15 is 0 Å². The van der Waals surface area contributed by atoms with E-state index in [2.05, 4.69) is 5.32 Å². The fraction of sp³-hybridized carbons (Fsp3) is 0.417. The molecule has 0 radical (unpaired) electrons. The number of aliphatic hydroxyl groups excluding tert-OH is 1. The minimum Gasteiger partial charge on any atom is -0.497 e. The number of methoxy groups -OCH3 is 1. The van der Waals surface area contributed by atoms with Gasteiger partial charge in [-0.2, -0.15) is 0 Å². The fourth-order valence-electron chi connectivity index (χ4n) is 1.24. The Balaban J connectivity index is 2.46. The smallest absolute Gasteiger partial charge is 0.251 e. The maximum absolute atomic E-state index is 11.6. The molecule has 1 aromatic rings. The van der Waals surface area contributed by atoms with E-state index in [-0.39, 0.29) is 5.91 Å². The van der Waals surface area contributed by atoms with Crippen LogP contribution in [0, 0.1) is 0 Å². The van der Waals surface area contributed by atoms with Gasteiger partial charge in [0.15, 0.2) is 0 Å². The van der Waals surface area contributed by atoms with Crippen molar-refractivity contribution in [1.29, 1.82) is 0 Å². The van der Waals surface area contributed by atoms with Crippen molar-refractivity contribution in [3.8, 4) is 5.75 Å². The zero-order valence-corrected chi connectivity index (χ0v) is 9.56. The Labute approximate surface area is 95.2 Å². The maximum atomic E-state index is 11.6. The van der Waals surface area contributed by atoms with Crippen molar-refractivity contribution in [2.75, 3.05) is 13.7 Å². The normalized spacial score (nSPS) is 11.9. The number of benzene rings is 1. The van der Waals surface area contributed by atoms with Crippen LogP contribution < -0.4 is 10.1 Å². The van der Waals surface area contributed by atoms with Gasteiger partial charge in [-0.05, 0) is 37.6 Å². The minimum absolute atomic E-state index is 0.136. The van der Waals surface area contributed by atoms with Gasteiger partial charge in [-0.3, -0.25) is 4.79 Å². The summed E-state index contributed by atoms with van der Waals surface area (Å²) in [4.78, 5) is 11.6. The van der Waals surface area contributed by atoms with E-state index in [0.717, 1.165) is 5.75 Å². The van der Waals surface area contributed by atoms with Crippen LogP contribution in [0.25, 0.3) is 0 Å². The topological polar surface area (TPSA) is 58.6 Å². The summed E-state index contributed by atoms with van der Waals surface area (Å²) in [6.07, 6.45) is 0.165. The highest BCUT2D eigenvalue weighted by atomic mass is 16.5. The van der Waals surface area contributed by atoms with Crippen molar-refractivity contribution in [3.63, 3.8) is 0 Å². The van der Waals surface area contributed by atoms with Crippen molar-refractivity contribution in [3.05, 3.63) is 29.8 Å². The Morgan fingerprint density at radius 3 is 2.56 bits per heavy atom. The van der Waals surface area contributed by atoms with E-state index in [0.29, 0.717) is 18.5 Å². The van der Waals surface area contributed by atoms with E-state index in [1.54, 1.807) is 38.3 Å². The largest absolute Gasteiger partial charge is 0.497 e. The van der Waals surface area contributed by atoms with Crippen LogP contribution in [-0.2, 0) is 0 Å². The molecule has 0 bridgehead atoms. The summed E-state index contributed by atoms with van der Waals surface area (Å²) in [7, 11) is 1.58. The van der Waals surface area contributed by atoms with E-state index in [1.165, 1.54) is 0 Å². The molecule has 0 saturated carbocycles. The van der Waals surface area contributed by atoms with Crippen LogP contribution in [0.3, 0.4) is 0 Å². The molecule has 0 saturated heterocycles. The second-order valence-electron chi connectivity index (χ2n) is 3.62. The quantitative estimate of drug-likeness (QED) is 0.788. The molecule has 4 nitrogen and oxygen atoms in total. The second kappa shape index (κ2) is 6.12. The summed E-state index contributed by atoms with van der Waals surface area (Å²) < 4.78 is 5.00. The first kappa shape index (κ1) is 12.5. The van der Waals surface area contributed by atoms with E-state index in [9.17, 15) is 4.79 Å². The number of aliphatic hydroxyl groups is 1. The van der Waals surface area contributed by atoms with Crippen LogP contribution in [-0.4, -0.2) is 30.8 Å². The van der Waals surface area contributed by atoms with Gasteiger partial charge >= 0.3 is 0 Å². The van der Waals surface area contributed by atoms with Gasteiger partial charge in [0.05, 0.1) is 13.2 Å². The molecule has 4 heteroatoms. The Morgan fingerprint density at radius 1 is 1.44 bits per heavy atom. The Bertz CT molecular complexity index is 333. The number of nitrogens with one attached hydrogen (secondary N) is 1. The molecule has 0 fully saturated rings. The molecule has 2 N–H and O–H groups in total. The molecule has 16 heavy (non-hydrogen) atoms. The first-order valence-electron chi connectivity index (χ1n) is 5.24. The second-order valence-corrected chi connectivity index (χ2v) is 3.62. The van der Waals surface area contributed by atoms with Gasteiger partial charge in [-0.1, -0.05) is 0 Å². The monoisotopic (exact) mass is 223 g/mol. The lowest BCUT2D eigenvalue weighted by Crippen LogP contribution is -2.26. The number of amides is 1. The van der Waals surface area contributed by atoms with E-state index < -0.39 is 6.10 Å². The molecule has 0 heterocycles. The highest BCUT2D eigenvalue weighted by Gasteiger charge is 2.05. The molecule has 0 aromatic heterocycles. The summed E-state index contributed by atoms with van der Waals surface area (Å²) in [5.74, 6) is 0.587. The standard InChI is InChI=1S/C12H17NO3/c1-9(14)7-8-13-12(15)10-3-5-11(16-2)6-4-10/h3-6,9,14H,7-8H2,1-2H3,(H,13,15). The Kier molecular flexibility index (Phi) is 4.79. The number of rotatable bonds is 5. The fourth-order valence-corrected chi connectivity index (χ4v) is 1.24. The van der Waals surface area contributed by atoms with Gasteiger partial charge in [-0.15, -0.1) is 0 Å². The van der Waals surface area contributed by atoms with Crippen molar-refractivity contribution in [2.24, 2.45) is 0 Å². The van der Waals surface area contributed by atoms with Gasteiger partial charge in [-0.25, -0.2) is 0 Å². The van der Waals surface area contributed by atoms with Crippen LogP contribution in [0.2, 0.25) is 0 Å². The van der Waals surface area contributed by atoms with Gasteiger partial charge in [0.2, 0.25) is 0 Å². The van der Waals surface area contributed by atoms with E-state index in [1.807, 2.05) is 0 Å². The van der Waals surface area contributed by atoms with Crippen molar-refractivity contribution < 1.29 is 14.6 Å². The summed E-state index contributed by atoms with van der Waals surface area (Å²) in [5.41, 5.74) is 0.589. The highest BCUT2D eigenvalue weighted by molar-refractivity contribution is 5.94. The van der Waals surface area contributed by atoms with Gasteiger partial charge < -0.3 is 15.2 Å². The first-order valence-corrected chi connectivity index (χ1v) is 5.24. The molecule has 0 aliphatic rings. The lowest BCUT2D eigenvalue weighted by atomic mass is 10.2. The number of hydrogen-bond donors (Lipinski definition) is 2. The molecule has 1 rings (SSSR count). The Morgan fingerprint density at radius 2 is 2.06 bits per heavy atom. The molecule has 0 spiro atoms. The summed E-state index contributed by atoms with van der Waals surface area (Å²) >= 11 is 0. The summed E-state index contributed by atoms with van der Waals surface area (Å²) in [5, 5.41) is 11.8. The molecule has 1 atom stereocenters. The molecule has 1 unspecified atom stereocenters. The molecule has 0 aliphatic heterocycles. The number of carbonyl (C=O) groups excluding carboxylic acids is 1.